The first-order valence-electron chi connectivity index (χ1n) is 5.58. The Labute approximate surface area is 95.6 Å². The van der Waals surface area contributed by atoms with Gasteiger partial charge < -0.3 is 10.6 Å². The molecule has 16 heavy (non-hydrogen) atoms. The molecule has 3 nitrogen and oxygen atoms in total. The number of carbonyl (C=O) groups excluding carboxylic acids is 1. The first kappa shape index (κ1) is 10.9. The Hall–Kier alpha value is -1.61. The average molecular weight is 216 g/mol. The molecule has 84 valence electrons. The summed E-state index contributed by atoms with van der Waals surface area (Å²) in [5.41, 5.74) is 2.03. The fourth-order valence-corrected chi connectivity index (χ4v) is 1.72. The predicted octanol–water partition coefficient (Wildman–Crippen LogP) is 1.34. The van der Waals surface area contributed by atoms with E-state index in [0.29, 0.717) is 6.54 Å². The maximum Gasteiger partial charge on any atom is 0.251 e. The number of hydrogen-bond donors (Lipinski definition) is 2. The summed E-state index contributed by atoms with van der Waals surface area (Å²) >= 11 is 0. The zero-order valence-electron chi connectivity index (χ0n) is 9.20. The minimum Gasteiger partial charge on any atom is -0.348 e. The Morgan fingerprint density at radius 3 is 2.81 bits per heavy atom. The van der Waals surface area contributed by atoms with Gasteiger partial charge in [0.05, 0.1) is 0 Å². The van der Waals surface area contributed by atoms with Crippen LogP contribution in [0, 0.1) is 0 Å². The Kier molecular flexibility index (Phi) is 3.72. The minimum atomic E-state index is 0.0000302. The van der Waals surface area contributed by atoms with E-state index in [1.165, 1.54) is 5.57 Å². The molecule has 0 saturated heterocycles. The lowest BCUT2D eigenvalue weighted by atomic mass is 10.1. The van der Waals surface area contributed by atoms with Gasteiger partial charge in [-0.25, -0.2) is 0 Å². The Morgan fingerprint density at radius 1 is 1.31 bits per heavy atom. The number of benzene rings is 1. The quantitative estimate of drug-likeness (QED) is 0.749. The summed E-state index contributed by atoms with van der Waals surface area (Å²) in [6.45, 7) is 2.58. The molecular weight excluding hydrogens is 200 g/mol. The number of hydrogen-bond acceptors (Lipinski definition) is 2. The summed E-state index contributed by atoms with van der Waals surface area (Å²) in [5.74, 6) is 0.0000302. The number of amides is 1. The van der Waals surface area contributed by atoms with Crippen LogP contribution in [0.2, 0.25) is 0 Å². The topological polar surface area (TPSA) is 41.1 Å². The molecule has 0 aromatic heterocycles. The molecular formula is C13H16N2O. The highest BCUT2D eigenvalue weighted by Gasteiger charge is 2.06. The van der Waals surface area contributed by atoms with Gasteiger partial charge in [-0.15, -0.1) is 0 Å². The van der Waals surface area contributed by atoms with E-state index < -0.39 is 0 Å². The zero-order chi connectivity index (χ0) is 11.2. The van der Waals surface area contributed by atoms with Crippen molar-refractivity contribution >= 4 is 5.91 Å². The maximum atomic E-state index is 11.7. The summed E-state index contributed by atoms with van der Waals surface area (Å²) in [6.07, 6.45) is 3.17. The number of nitrogens with one attached hydrogen (secondary N) is 2. The van der Waals surface area contributed by atoms with Crippen LogP contribution in [-0.4, -0.2) is 25.5 Å². The fraction of sp³-hybridized carbons (Fsp3) is 0.308. The van der Waals surface area contributed by atoms with E-state index >= 15 is 0 Å². The Bertz CT molecular complexity index is 384. The molecule has 1 aromatic rings. The molecule has 2 rings (SSSR count). The van der Waals surface area contributed by atoms with Crippen molar-refractivity contribution in [1.82, 2.24) is 10.6 Å². The molecule has 0 bridgehead atoms. The first-order chi connectivity index (χ1) is 7.86. The van der Waals surface area contributed by atoms with Gasteiger partial charge in [-0.05, 0) is 25.1 Å². The van der Waals surface area contributed by atoms with Gasteiger partial charge in [-0.3, -0.25) is 4.79 Å². The van der Waals surface area contributed by atoms with E-state index in [-0.39, 0.29) is 5.91 Å². The molecule has 0 unspecified atom stereocenters. The minimum absolute atomic E-state index is 0.0000302. The highest BCUT2D eigenvalue weighted by molar-refractivity contribution is 5.94. The standard InChI is InChI=1S/C13H16N2O/c16-13(12-4-2-1-3-5-12)15-10-11-6-8-14-9-7-11/h1-6,14H,7-10H2,(H,15,16). The third kappa shape index (κ3) is 2.94. The number of carbonyl (C=O) groups is 1. The van der Waals surface area contributed by atoms with Gasteiger partial charge in [0.15, 0.2) is 0 Å². The van der Waals surface area contributed by atoms with Gasteiger partial charge in [0.25, 0.3) is 5.91 Å². The van der Waals surface area contributed by atoms with Crippen LogP contribution >= 0.6 is 0 Å². The van der Waals surface area contributed by atoms with Crippen molar-refractivity contribution in [2.75, 3.05) is 19.6 Å². The van der Waals surface area contributed by atoms with Crippen molar-refractivity contribution in [2.45, 2.75) is 6.42 Å². The molecule has 0 saturated carbocycles. The summed E-state index contributed by atoms with van der Waals surface area (Å²) in [5, 5.41) is 6.18. The van der Waals surface area contributed by atoms with Gasteiger partial charge in [0.1, 0.15) is 0 Å². The Morgan fingerprint density at radius 2 is 2.12 bits per heavy atom. The second-order valence-electron chi connectivity index (χ2n) is 3.87. The van der Waals surface area contributed by atoms with Crippen LogP contribution in [0.1, 0.15) is 16.8 Å². The highest BCUT2D eigenvalue weighted by Crippen LogP contribution is 2.03. The van der Waals surface area contributed by atoms with Gasteiger partial charge in [0.2, 0.25) is 0 Å². The molecule has 0 aliphatic carbocycles. The normalized spacial score (nSPS) is 15.4. The molecule has 1 aliphatic heterocycles. The molecule has 0 spiro atoms. The highest BCUT2D eigenvalue weighted by atomic mass is 16.1. The van der Waals surface area contributed by atoms with Crippen molar-refractivity contribution in [1.29, 1.82) is 0 Å². The van der Waals surface area contributed by atoms with Crippen molar-refractivity contribution in [3.8, 4) is 0 Å². The predicted molar refractivity (Wildman–Crippen MR) is 64.3 cm³/mol. The average Bonchev–Trinajstić information content (AvgIpc) is 2.38. The maximum absolute atomic E-state index is 11.7. The summed E-state index contributed by atoms with van der Waals surface area (Å²) in [4.78, 5) is 11.7. The van der Waals surface area contributed by atoms with Crippen LogP contribution in [-0.2, 0) is 0 Å². The van der Waals surface area contributed by atoms with Crippen LogP contribution in [0.25, 0.3) is 0 Å². The first-order valence-corrected chi connectivity index (χ1v) is 5.58. The zero-order valence-corrected chi connectivity index (χ0v) is 9.20. The third-order valence-electron chi connectivity index (χ3n) is 2.67. The number of rotatable bonds is 3. The van der Waals surface area contributed by atoms with Crippen molar-refractivity contribution < 1.29 is 4.79 Å². The lowest BCUT2D eigenvalue weighted by Gasteiger charge is -2.14. The largest absolute Gasteiger partial charge is 0.348 e. The molecule has 0 atom stereocenters. The lowest BCUT2D eigenvalue weighted by molar-refractivity contribution is 0.0956. The van der Waals surface area contributed by atoms with Gasteiger partial charge in [-0.2, -0.15) is 0 Å². The van der Waals surface area contributed by atoms with E-state index in [9.17, 15) is 4.79 Å². The molecule has 1 heterocycles. The fourth-order valence-electron chi connectivity index (χ4n) is 1.72. The van der Waals surface area contributed by atoms with Crippen molar-refractivity contribution in [2.24, 2.45) is 0 Å². The van der Waals surface area contributed by atoms with E-state index in [1.807, 2.05) is 30.3 Å². The van der Waals surface area contributed by atoms with Crippen LogP contribution in [0.3, 0.4) is 0 Å². The van der Waals surface area contributed by atoms with Gasteiger partial charge >= 0.3 is 0 Å². The third-order valence-corrected chi connectivity index (χ3v) is 2.67. The van der Waals surface area contributed by atoms with Crippen molar-refractivity contribution in [3.05, 3.63) is 47.5 Å². The smallest absolute Gasteiger partial charge is 0.251 e. The molecule has 1 amide bonds. The molecule has 1 aromatic carbocycles. The van der Waals surface area contributed by atoms with Crippen LogP contribution < -0.4 is 10.6 Å². The monoisotopic (exact) mass is 216 g/mol. The molecule has 1 aliphatic rings. The molecule has 0 radical (unpaired) electrons. The van der Waals surface area contributed by atoms with Crippen LogP contribution in [0.4, 0.5) is 0 Å². The summed E-state index contributed by atoms with van der Waals surface area (Å²) in [7, 11) is 0. The van der Waals surface area contributed by atoms with Gasteiger partial charge in [0, 0.05) is 18.7 Å². The molecule has 3 heteroatoms. The van der Waals surface area contributed by atoms with E-state index in [2.05, 4.69) is 16.7 Å². The lowest BCUT2D eigenvalue weighted by Crippen LogP contribution is -2.29. The summed E-state index contributed by atoms with van der Waals surface area (Å²) in [6, 6.07) is 9.31. The van der Waals surface area contributed by atoms with E-state index in [1.54, 1.807) is 0 Å². The molecule has 0 fully saturated rings. The SMILES string of the molecule is O=C(NCC1=CCNCC1)c1ccccc1. The van der Waals surface area contributed by atoms with Gasteiger partial charge in [-0.1, -0.05) is 29.8 Å². The second kappa shape index (κ2) is 5.47. The second-order valence-corrected chi connectivity index (χ2v) is 3.87. The molecule has 2 N–H and O–H groups in total. The van der Waals surface area contributed by atoms with Crippen LogP contribution in [0.15, 0.2) is 42.0 Å². The van der Waals surface area contributed by atoms with E-state index in [4.69, 9.17) is 0 Å². The van der Waals surface area contributed by atoms with E-state index in [0.717, 1.165) is 25.1 Å². The summed E-state index contributed by atoms with van der Waals surface area (Å²) < 4.78 is 0. The van der Waals surface area contributed by atoms with Crippen molar-refractivity contribution in [3.63, 3.8) is 0 Å². The Balaban J connectivity index is 1.86. The van der Waals surface area contributed by atoms with Crippen LogP contribution in [0.5, 0.6) is 0 Å².